The molecule has 0 unspecified atom stereocenters. The molecule has 1 N–H and O–H groups in total. The monoisotopic (exact) mass is 346 g/mol. The van der Waals surface area contributed by atoms with Crippen molar-refractivity contribution in [3.05, 3.63) is 77.5 Å². The first-order valence-corrected chi connectivity index (χ1v) is 9.02. The maximum atomic E-state index is 12.9. The highest BCUT2D eigenvalue weighted by molar-refractivity contribution is 6.06. The molecular formula is C22H22N2O2. The smallest absolute Gasteiger partial charge is 0.252 e. The lowest BCUT2D eigenvalue weighted by atomic mass is 10.0. The number of ether oxygens (including phenoxy) is 1. The lowest BCUT2D eigenvalue weighted by Gasteiger charge is -2.17. The van der Waals surface area contributed by atoms with E-state index in [1.165, 1.54) is 0 Å². The van der Waals surface area contributed by atoms with Crippen LogP contribution >= 0.6 is 0 Å². The Bertz CT molecular complexity index is 920. The lowest BCUT2D eigenvalue weighted by Crippen LogP contribution is -2.29. The van der Waals surface area contributed by atoms with Gasteiger partial charge in [0, 0.05) is 30.7 Å². The third-order valence-corrected chi connectivity index (χ3v) is 4.88. The Morgan fingerprint density at radius 1 is 1.15 bits per heavy atom. The summed E-state index contributed by atoms with van der Waals surface area (Å²) in [5.74, 6) is 0.422. The van der Waals surface area contributed by atoms with Crippen molar-refractivity contribution in [2.24, 2.45) is 0 Å². The molecule has 0 aliphatic heterocycles. The topological polar surface area (TPSA) is 51.2 Å². The fraction of sp³-hybridized carbons (Fsp3) is 0.273. The summed E-state index contributed by atoms with van der Waals surface area (Å²) in [6.45, 7) is 0.425. The van der Waals surface area contributed by atoms with Gasteiger partial charge in [0.05, 0.1) is 17.2 Å². The summed E-state index contributed by atoms with van der Waals surface area (Å²) in [5.41, 5.74) is 3.66. The van der Waals surface area contributed by atoms with Crippen LogP contribution in [-0.4, -0.2) is 24.5 Å². The van der Waals surface area contributed by atoms with Crippen LogP contribution in [0.2, 0.25) is 0 Å². The highest BCUT2D eigenvalue weighted by Crippen LogP contribution is 2.40. The Hall–Kier alpha value is -2.72. The average molecular weight is 346 g/mol. The molecule has 1 aliphatic carbocycles. The number of carbonyl (C=O) groups excluding carboxylic acids is 1. The summed E-state index contributed by atoms with van der Waals surface area (Å²) >= 11 is 0. The first-order chi connectivity index (χ1) is 12.8. The molecule has 0 saturated heterocycles. The van der Waals surface area contributed by atoms with E-state index >= 15 is 0 Å². The van der Waals surface area contributed by atoms with Crippen molar-refractivity contribution in [2.75, 3.05) is 13.7 Å². The van der Waals surface area contributed by atoms with Gasteiger partial charge in [0.25, 0.3) is 5.91 Å². The summed E-state index contributed by atoms with van der Waals surface area (Å²) in [7, 11) is 1.66. The van der Waals surface area contributed by atoms with Gasteiger partial charge in [-0.15, -0.1) is 0 Å². The fourth-order valence-corrected chi connectivity index (χ4v) is 3.26. The highest BCUT2D eigenvalue weighted by atomic mass is 16.5. The third-order valence-electron chi connectivity index (χ3n) is 4.88. The predicted molar refractivity (Wildman–Crippen MR) is 102 cm³/mol. The third kappa shape index (κ3) is 3.46. The number of rotatable bonds is 6. The zero-order chi connectivity index (χ0) is 17.9. The minimum absolute atomic E-state index is 0.0801. The summed E-state index contributed by atoms with van der Waals surface area (Å²) in [4.78, 5) is 17.6. The van der Waals surface area contributed by atoms with Gasteiger partial charge >= 0.3 is 0 Å². The van der Waals surface area contributed by atoms with Gasteiger partial charge in [0.15, 0.2) is 0 Å². The number of methoxy groups -OCH3 is 1. The Kier molecular flexibility index (Phi) is 4.67. The second-order valence-electron chi connectivity index (χ2n) is 6.73. The first-order valence-electron chi connectivity index (χ1n) is 9.02. The molecule has 2 aromatic carbocycles. The Morgan fingerprint density at radius 3 is 2.62 bits per heavy atom. The average Bonchev–Trinajstić information content (AvgIpc) is 3.53. The van der Waals surface area contributed by atoms with Crippen molar-refractivity contribution >= 4 is 16.8 Å². The molecule has 1 aliphatic rings. The Morgan fingerprint density at radius 2 is 1.88 bits per heavy atom. The number of aromatic nitrogens is 1. The molecule has 1 fully saturated rings. The first kappa shape index (κ1) is 16.7. The molecule has 3 aromatic rings. The van der Waals surface area contributed by atoms with E-state index in [1.807, 2.05) is 60.7 Å². The van der Waals surface area contributed by atoms with E-state index in [-0.39, 0.29) is 12.0 Å². The molecule has 1 aromatic heterocycles. The summed E-state index contributed by atoms with van der Waals surface area (Å²) in [6.07, 6.45) is 2.15. The minimum atomic E-state index is -0.170. The van der Waals surface area contributed by atoms with Crippen LogP contribution in [0.25, 0.3) is 10.9 Å². The highest BCUT2D eigenvalue weighted by Gasteiger charge is 2.27. The van der Waals surface area contributed by atoms with Crippen molar-refractivity contribution in [3.63, 3.8) is 0 Å². The summed E-state index contributed by atoms with van der Waals surface area (Å²) < 4.78 is 5.56. The van der Waals surface area contributed by atoms with E-state index in [4.69, 9.17) is 9.72 Å². The predicted octanol–water partition coefficient (Wildman–Crippen LogP) is 4.23. The van der Waals surface area contributed by atoms with Crippen LogP contribution in [0.5, 0.6) is 0 Å². The zero-order valence-corrected chi connectivity index (χ0v) is 14.8. The quantitative estimate of drug-likeness (QED) is 0.727. The van der Waals surface area contributed by atoms with Gasteiger partial charge in [0.1, 0.15) is 0 Å². The second kappa shape index (κ2) is 7.26. The van der Waals surface area contributed by atoms with Crippen LogP contribution in [-0.2, 0) is 4.74 Å². The normalized spacial score (nSPS) is 15.0. The molecule has 4 heteroatoms. The van der Waals surface area contributed by atoms with Gasteiger partial charge < -0.3 is 10.1 Å². The number of carbonyl (C=O) groups is 1. The largest absolute Gasteiger partial charge is 0.375 e. The molecule has 26 heavy (non-hydrogen) atoms. The maximum Gasteiger partial charge on any atom is 0.252 e. The van der Waals surface area contributed by atoms with E-state index in [9.17, 15) is 4.79 Å². The summed E-state index contributed by atoms with van der Waals surface area (Å²) in [5, 5.41) is 3.93. The van der Waals surface area contributed by atoms with Crippen molar-refractivity contribution < 1.29 is 9.53 Å². The molecular weight excluding hydrogens is 324 g/mol. The second-order valence-corrected chi connectivity index (χ2v) is 6.73. The van der Waals surface area contributed by atoms with E-state index < -0.39 is 0 Å². The lowest BCUT2D eigenvalue weighted by molar-refractivity contribution is 0.0829. The molecule has 1 heterocycles. The number of para-hydroxylation sites is 1. The number of nitrogens with one attached hydrogen (secondary N) is 1. The van der Waals surface area contributed by atoms with E-state index in [1.54, 1.807) is 7.11 Å². The number of amides is 1. The SMILES string of the molecule is CO[C@@H](CNC(=O)c1cc(C2CC2)nc2ccccc12)c1ccccc1. The van der Waals surface area contributed by atoms with Crippen molar-refractivity contribution in [1.82, 2.24) is 10.3 Å². The molecule has 1 saturated carbocycles. The number of hydrogen-bond acceptors (Lipinski definition) is 3. The number of benzene rings is 2. The molecule has 0 spiro atoms. The van der Waals surface area contributed by atoms with E-state index in [2.05, 4.69) is 5.32 Å². The fourth-order valence-electron chi connectivity index (χ4n) is 3.26. The standard InChI is InChI=1S/C22H22N2O2/c1-26-21(16-7-3-2-4-8-16)14-23-22(25)18-13-20(15-11-12-15)24-19-10-6-5-9-17(18)19/h2-10,13,15,21H,11-12,14H2,1H3,(H,23,25)/t21-/m0/s1. The van der Waals surface area contributed by atoms with Crippen LogP contribution in [0.15, 0.2) is 60.7 Å². The molecule has 132 valence electrons. The van der Waals surface area contributed by atoms with Gasteiger partial charge in [0.2, 0.25) is 0 Å². The molecule has 4 rings (SSSR count). The van der Waals surface area contributed by atoms with Crippen LogP contribution < -0.4 is 5.32 Å². The van der Waals surface area contributed by atoms with Crippen molar-refractivity contribution in [3.8, 4) is 0 Å². The molecule has 0 bridgehead atoms. The van der Waals surface area contributed by atoms with Gasteiger partial charge in [-0.2, -0.15) is 0 Å². The maximum absolute atomic E-state index is 12.9. The summed E-state index contributed by atoms with van der Waals surface area (Å²) in [6, 6.07) is 19.7. The molecule has 1 atom stereocenters. The van der Waals surface area contributed by atoms with Crippen molar-refractivity contribution in [1.29, 1.82) is 0 Å². The minimum Gasteiger partial charge on any atom is -0.375 e. The van der Waals surface area contributed by atoms with Crippen LogP contribution in [0.4, 0.5) is 0 Å². The molecule has 0 radical (unpaired) electrons. The van der Waals surface area contributed by atoms with Crippen molar-refractivity contribution in [2.45, 2.75) is 24.9 Å². The Labute approximate surface area is 153 Å². The van der Waals surface area contributed by atoms with Crippen LogP contribution in [0, 0.1) is 0 Å². The number of hydrogen-bond donors (Lipinski definition) is 1. The Balaban J connectivity index is 1.58. The van der Waals surface area contributed by atoms with E-state index in [0.717, 1.165) is 35.0 Å². The van der Waals surface area contributed by atoms with Gasteiger partial charge in [-0.05, 0) is 30.5 Å². The van der Waals surface area contributed by atoms with Gasteiger partial charge in [-0.3, -0.25) is 9.78 Å². The van der Waals surface area contributed by atoms with Crippen LogP contribution in [0.1, 0.15) is 46.5 Å². The van der Waals surface area contributed by atoms with Gasteiger partial charge in [-0.25, -0.2) is 0 Å². The number of nitrogens with zero attached hydrogens (tertiary/aromatic N) is 1. The zero-order valence-electron chi connectivity index (χ0n) is 14.8. The van der Waals surface area contributed by atoms with E-state index in [0.29, 0.717) is 18.0 Å². The molecule has 4 nitrogen and oxygen atoms in total. The molecule has 1 amide bonds. The number of pyridine rings is 1. The van der Waals surface area contributed by atoms with Gasteiger partial charge in [-0.1, -0.05) is 48.5 Å². The van der Waals surface area contributed by atoms with Crippen LogP contribution in [0.3, 0.4) is 0 Å². The number of fused-ring (bicyclic) bond motifs is 1.